The average molecular weight is 441 g/mol. The molecule has 0 amide bonds. The van der Waals surface area contributed by atoms with E-state index in [4.69, 9.17) is 16.3 Å². The number of aryl methyl sites for hydroxylation is 1. The smallest absolute Gasteiger partial charge is 0.298 e. The number of hydrogen-bond donors (Lipinski definition) is 0. The molecule has 1 aromatic heterocycles. The number of halogens is 1. The summed E-state index contributed by atoms with van der Waals surface area (Å²) in [6, 6.07) is 14.6. The number of ether oxygens (including phenoxy) is 1. The topological polar surface area (TPSA) is 50.6 Å². The quantitative estimate of drug-likeness (QED) is 0.308. The maximum atomic E-state index is 6.44. The second-order valence-corrected chi connectivity index (χ2v) is 9.07. The summed E-state index contributed by atoms with van der Waals surface area (Å²) in [6.07, 6.45) is 2.88. The molecular weight excluding hydrogens is 416 g/mol. The molecule has 156 valence electrons. The van der Waals surface area contributed by atoms with E-state index in [1.165, 1.54) is 17.1 Å². The standard InChI is InChI=1S/C23H25ClN4OS/c1-14(2)28(4)13-25-20-10-15(3)21(12-19(20)24)29-23-26-22(27-30-23)18-11-17(18)16-8-6-5-7-9-16/h5-10,12-14,17-18H,11H2,1-4H3/t17-,18+/m0/s1. The van der Waals surface area contributed by atoms with Gasteiger partial charge in [0.05, 0.1) is 17.0 Å². The Morgan fingerprint density at radius 1 is 1.23 bits per heavy atom. The number of rotatable bonds is 7. The van der Waals surface area contributed by atoms with Gasteiger partial charge in [0, 0.05) is 36.6 Å². The van der Waals surface area contributed by atoms with E-state index in [-0.39, 0.29) is 0 Å². The Kier molecular flexibility index (Phi) is 6.06. The highest BCUT2D eigenvalue weighted by Gasteiger charge is 2.42. The maximum absolute atomic E-state index is 6.44. The van der Waals surface area contributed by atoms with Crippen LogP contribution in [0.25, 0.3) is 0 Å². The van der Waals surface area contributed by atoms with Crippen LogP contribution < -0.4 is 4.74 Å². The van der Waals surface area contributed by atoms with Crippen LogP contribution in [-0.2, 0) is 0 Å². The van der Waals surface area contributed by atoms with E-state index in [2.05, 4.69) is 52.5 Å². The van der Waals surface area contributed by atoms with Crippen molar-refractivity contribution < 1.29 is 4.74 Å². The summed E-state index contributed by atoms with van der Waals surface area (Å²) < 4.78 is 10.5. The highest BCUT2D eigenvalue weighted by atomic mass is 35.5. The van der Waals surface area contributed by atoms with Crippen molar-refractivity contribution in [3.63, 3.8) is 0 Å². The van der Waals surface area contributed by atoms with Gasteiger partial charge < -0.3 is 9.64 Å². The second kappa shape index (κ2) is 8.74. The molecule has 0 saturated heterocycles. The molecule has 0 spiro atoms. The number of hydrogen-bond acceptors (Lipinski definition) is 5. The fourth-order valence-corrected chi connectivity index (χ4v) is 4.01. The molecule has 4 rings (SSSR count). The fourth-order valence-electron chi connectivity index (χ4n) is 3.20. The van der Waals surface area contributed by atoms with Gasteiger partial charge in [-0.25, -0.2) is 4.99 Å². The fraction of sp³-hybridized carbons (Fsp3) is 0.348. The lowest BCUT2D eigenvalue weighted by Crippen LogP contribution is -2.24. The van der Waals surface area contributed by atoms with Crippen molar-refractivity contribution in [1.29, 1.82) is 0 Å². The molecule has 0 unspecified atom stereocenters. The van der Waals surface area contributed by atoms with Crippen LogP contribution in [0.3, 0.4) is 0 Å². The van der Waals surface area contributed by atoms with Gasteiger partial charge in [0.1, 0.15) is 11.6 Å². The zero-order chi connectivity index (χ0) is 21.3. The first-order chi connectivity index (χ1) is 14.4. The normalized spacial score (nSPS) is 18.2. The summed E-state index contributed by atoms with van der Waals surface area (Å²) in [5, 5.41) is 1.08. The van der Waals surface area contributed by atoms with E-state index in [1.807, 2.05) is 31.0 Å². The van der Waals surface area contributed by atoms with Gasteiger partial charge in [-0.3, -0.25) is 0 Å². The zero-order valence-corrected chi connectivity index (χ0v) is 19.1. The SMILES string of the molecule is Cc1cc(N=CN(C)C(C)C)c(Cl)cc1Oc1nc([C@@H]2C[C@H]2c2ccccc2)ns1. The monoisotopic (exact) mass is 440 g/mol. The van der Waals surface area contributed by atoms with Crippen LogP contribution in [-0.4, -0.2) is 33.7 Å². The number of nitrogens with zero attached hydrogens (tertiary/aromatic N) is 4. The van der Waals surface area contributed by atoms with Crippen molar-refractivity contribution in [2.75, 3.05) is 7.05 Å². The highest BCUT2D eigenvalue weighted by Crippen LogP contribution is 2.54. The molecule has 3 aromatic rings. The molecule has 30 heavy (non-hydrogen) atoms. The minimum atomic E-state index is 0.371. The molecule has 1 saturated carbocycles. The first kappa shape index (κ1) is 20.8. The van der Waals surface area contributed by atoms with E-state index in [0.29, 0.717) is 33.8 Å². The van der Waals surface area contributed by atoms with Crippen LogP contribution in [0.5, 0.6) is 10.9 Å². The third-order valence-corrected chi connectivity index (χ3v) is 6.32. The summed E-state index contributed by atoms with van der Waals surface area (Å²) >= 11 is 7.72. The Morgan fingerprint density at radius 2 is 2.00 bits per heavy atom. The Bertz CT molecular complexity index is 1050. The van der Waals surface area contributed by atoms with Crippen molar-refractivity contribution in [1.82, 2.24) is 14.3 Å². The van der Waals surface area contributed by atoms with Gasteiger partial charge in [-0.15, -0.1) is 0 Å². The van der Waals surface area contributed by atoms with Gasteiger partial charge in [-0.1, -0.05) is 41.9 Å². The summed E-state index contributed by atoms with van der Waals surface area (Å²) in [5.41, 5.74) is 3.02. The Hall–Kier alpha value is -2.44. The minimum Gasteiger partial charge on any atom is -0.430 e. The maximum Gasteiger partial charge on any atom is 0.298 e. The van der Waals surface area contributed by atoms with Gasteiger partial charge >= 0.3 is 0 Å². The van der Waals surface area contributed by atoms with Gasteiger partial charge in [0.2, 0.25) is 0 Å². The molecule has 0 aliphatic heterocycles. The van der Waals surface area contributed by atoms with Crippen LogP contribution in [0.2, 0.25) is 5.02 Å². The average Bonchev–Trinajstić information content (AvgIpc) is 3.41. The van der Waals surface area contributed by atoms with Crippen molar-refractivity contribution in [2.24, 2.45) is 4.99 Å². The Labute approximate surface area is 186 Å². The lowest BCUT2D eigenvalue weighted by atomic mass is 10.1. The van der Waals surface area contributed by atoms with Crippen molar-refractivity contribution in [2.45, 2.75) is 45.1 Å². The van der Waals surface area contributed by atoms with Gasteiger partial charge in [-0.05, 0) is 50.3 Å². The molecular formula is C23H25ClN4OS. The molecule has 1 aliphatic carbocycles. The van der Waals surface area contributed by atoms with Crippen LogP contribution in [0, 0.1) is 6.92 Å². The summed E-state index contributed by atoms with van der Waals surface area (Å²) in [7, 11) is 1.99. The number of aliphatic imine (C=N–C) groups is 1. The van der Waals surface area contributed by atoms with Crippen molar-refractivity contribution >= 4 is 35.2 Å². The van der Waals surface area contributed by atoms with E-state index >= 15 is 0 Å². The van der Waals surface area contributed by atoms with Crippen molar-refractivity contribution in [3.05, 3.63) is 64.4 Å². The molecule has 0 N–H and O–H groups in total. The molecule has 1 aliphatic rings. The first-order valence-electron chi connectivity index (χ1n) is 10.0. The zero-order valence-electron chi connectivity index (χ0n) is 17.5. The molecule has 7 heteroatoms. The van der Waals surface area contributed by atoms with Crippen LogP contribution in [0.15, 0.2) is 47.5 Å². The summed E-state index contributed by atoms with van der Waals surface area (Å²) in [5.74, 6) is 2.42. The van der Waals surface area contributed by atoms with Crippen LogP contribution >= 0.6 is 23.1 Å². The van der Waals surface area contributed by atoms with E-state index in [9.17, 15) is 0 Å². The first-order valence-corrected chi connectivity index (χ1v) is 11.2. The van der Waals surface area contributed by atoms with E-state index in [0.717, 1.165) is 23.5 Å². The van der Waals surface area contributed by atoms with E-state index in [1.54, 1.807) is 12.4 Å². The summed E-state index contributed by atoms with van der Waals surface area (Å²) in [4.78, 5) is 11.1. The van der Waals surface area contributed by atoms with Gasteiger partial charge in [-0.2, -0.15) is 9.36 Å². The second-order valence-electron chi connectivity index (χ2n) is 7.95. The largest absolute Gasteiger partial charge is 0.430 e. The number of benzene rings is 2. The van der Waals surface area contributed by atoms with Gasteiger partial charge in [0.25, 0.3) is 5.19 Å². The highest BCUT2D eigenvalue weighted by molar-refractivity contribution is 7.07. The van der Waals surface area contributed by atoms with Crippen LogP contribution in [0.1, 0.15) is 49.1 Å². The third kappa shape index (κ3) is 4.65. The van der Waals surface area contributed by atoms with Crippen molar-refractivity contribution in [3.8, 4) is 10.9 Å². The lowest BCUT2D eigenvalue weighted by Gasteiger charge is -2.17. The predicted molar refractivity (Wildman–Crippen MR) is 124 cm³/mol. The molecule has 0 radical (unpaired) electrons. The predicted octanol–water partition coefficient (Wildman–Crippen LogP) is 6.56. The molecule has 0 bridgehead atoms. The minimum absolute atomic E-state index is 0.371. The molecule has 2 atom stereocenters. The van der Waals surface area contributed by atoms with Crippen LogP contribution in [0.4, 0.5) is 5.69 Å². The third-order valence-electron chi connectivity index (χ3n) is 5.41. The lowest BCUT2D eigenvalue weighted by molar-refractivity contribution is 0.429. The Balaban J connectivity index is 1.45. The van der Waals surface area contributed by atoms with E-state index < -0.39 is 0 Å². The number of aromatic nitrogens is 2. The molecule has 5 nitrogen and oxygen atoms in total. The summed E-state index contributed by atoms with van der Waals surface area (Å²) in [6.45, 7) is 6.19. The molecule has 1 fully saturated rings. The molecule has 1 heterocycles. The Morgan fingerprint density at radius 3 is 2.73 bits per heavy atom. The molecule has 2 aromatic carbocycles. The van der Waals surface area contributed by atoms with Gasteiger partial charge in [0.15, 0.2) is 0 Å².